The van der Waals surface area contributed by atoms with Crippen molar-refractivity contribution in [3.8, 4) is 5.75 Å². The first kappa shape index (κ1) is 22.1. The lowest BCUT2D eigenvalue weighted by Crippen LogP contribution is -2.41. The van der Waals surface area contributed by atoms with Gasteiger partial charge in [-0.2, -0.15) is 0 Å². The Morgan fingerprint density at radius 2 is 1.89 bits per heavy atom. The van der Waals surface area contributed by atoms with Crippen LogP contribution in [0.3, 0.4) is 0 Å². The van der Waals surface area contributed by atoms with Crippen molar-refractivity contribution in [3.05, 3.63) is 29.3 Å². The average Bonchev–Trinajstić information content (AvgIpc) is 2.73. The molecule has 1 aromatic carbocycles. The lowest BCUT2D eigenvalue weighted by atomic mass is 10.1. The Morgan fingerprint density at radius 1 is 1.14 bits per heavy atom. The summed E-state index contributed by atoms with van der Waals surface area (Å²) in [6.45, 7) is 5.62. The molecule has 1 fully saturated rings. The predicted molar refractivity (Wildman–Crippen MR) is 104 cm³/mol. The Labute approximate surface area is 166 Å². The maximum absolute atomic E-state index is 12.5. The number of amides is 1. The van der Waals surface area contributed by atoms with Crippen molar-refractivity contribution in [2.24, 2.45) is 0 Å². The molecule has 156 valence electrons. The second-order valence-corrected chi connectivity index (χ2v) is 6.46. The molecule has 2 rings (SSSR count). The van der Waals surface area contributed by atoms with Gasteiger partial charge in [-0.15, -0.1) is 0 Å². The highest BCUT2D eigenvalue weighted by Gasteiger charge is 2.17. The third-order valence-corrected chi connectivity index (χ3v) is 4.47. The highest BCUT2D eigenvalue weighted by molar-refractivity contribution is 5.98. The zero-order valence-electron chi connectivity index (χ0n) is 16.7. The molecule has 0 atom stereocenters. The molecule has 0 radical (unpaired) electrons. The number of rotatable bonds is 11. The Balaban J connectivity index is 1.93. The summed E-state index contributed by atoms with van der Waals surface area (Å²) < 4.78 is 20.9. The van der Waals surface area contributed by atoms with Crippen LogP contribution in [0.4, 0.5) is 0 Å². The molecule has 1 amide bonds. The third kappa shape index (κ3) is 7.10. The number of esters is 1. The molecule has 1 aliphatic rings. The van der Waals surface area contributed by atoms with E-state index < -0.39 is 5.97 Å². The lowest BCUT2D eigenvalue weighted by Gasteiger charge is -2.26. The van der Waals surface area contributed by atoms with Gasteiger partial charge in [-0.25, -0.2) is 4.79 Å². The van der Waals surface area contributed by atoms with E-state index in [-0.39, 0.29) is 5.91 Å². The van der Waals surface area contributed by atoms with Crippen molar-refractivity contribution < 1.29 is 28.5 Å². The van der Waals surface area contributed by atoms with Gasteiger partial charge < -0.3 is 24.3 Å². The van der Waals surface area contributed by atoms with Crippen LogP contribution in [-0.4, -0.2) is 83.6 Å². The van der Waals surface area contributed by atoms with Gasteiger partial charge >= 0.3 is 5.97 Å². The summed E-state index contributed by atoms with van der Waals surface area (Å²) in [5, 5.41) is 2.91. The Morgan fingerprint density at radius 3 is 2.61 bits per heavy atom. The number of nitrogens with zero attached hydrogens (tertiary/aromatic N) is 1. The van der Waals surface area contributed by atoms with E-state index >= 15 is 0 Å². The molecule has 28 heavy (non-hydrogen) atoms. The van der Waals surface area contributed by atoms with Crippen molar-refractivity contribution >= 4 is 11.9 Å². The number of methoxy groups -OCH3 is 2. The van der Waals surface area contributed by atoms with E-state index in [0.29, 0.717) is 36.6 Å². The predicted octanol–water partition coefficient (Wildman–Crippen LogP) is 1.34. The Kier molecular flexibility index (Phi) is 9.74. The molecular formula is C20H30N2O6. The minimum atomic E-state index is -0.494. The fraction of sp³-hybridized carbons (Fsp3) is 0.600. The molecule has 1 saturated heterocycles. The molecule has 1 heterocycles. The van der Waals surface area contributed by atoms with Crippen molar-refractivity contribution in [1.82, 2.24) is 10.2 Å². The highest BCUT2D eigenvalue weighted by atomic mass is 16.5. The SMILES string of the molecule is COCCCCOc1cc(C(=O)NCCN2CCOCC2)ccc1C(=O)OC. The van der Waals surface area contributed by atoms with Gasteiger partial charge in [-0.3, -0.25) is 9.69 Å². The summed E-state index contributed by atoms with van der Waals surface area (Å²) in [6.07, 6.45) is 1.64. The summed E-state index contributed by atoms with van der Waals surface area (Å²) in [7, 11) is 2.97. The van der Waals surface area contributed by atoms with Gasteiger partial charge in [-0.05, 0) is 31.0 Å². The van der Waals surface area contributed by atoms with Crippen molar-refractivity contribution in [2.45, 2.75) is 12.8 Å². The lowest BCUT2D eigenvalue weighted by molar-refractivity contribution is 0.0383. The number of carbonyl (C=O) groups excluding carboxylic acids is 2. The second kappa shape index (κ2) is 12.3. The first-order valence-electron chi connectivity index (χ1n) is 9.58. The van der Waals surface area contributed by atoms with Crippen LogP contribution in [0.15, 0.2) is 18.2 Å². The number of benzene rings is 1. The van der Waals surface area contributed by atoms with Crippen molar-refractivity contribution in [3.63, 3.8) is 0 Å². The number of morpholine rings is 1. The van der Waals surface area contributed by atoms with Crippen LogP contribution in [0.1, 0.15) is 33.6 Å². The molecule has 8 nitrogen and oxygen atoms in total. The van der Waals surface area contributed by atoms with Crippen LogP contribution < -0.4 is 10.1 Å². The van der Waals surface area contributed by atoms with Crippen LogP contribution in [0, 0.1) is 0 Å². The van der Waals surface area contributed by atoms with Crippen LogP contribution >= 0.6 is 0 Å². The first-order valence-corrected chi connectivity index (χ1v) is 9.58. The number of hydrogen-bond donors (Lipinski definition) is 1. The zero-order chi connectivity index (χ0) is 20.2. The Bertz CT molecular complexity index is 631. The normalized spacial score (nSPS) is 14.5. The summed E-state index contributed by atoms with van der Waals surface area (Å²) >= 11 is 0. The van der Waals surface area contributed by atoms with E-state index in [0.717, 1.165) is 45.7 Å². The number of unbranched alkanes of at least 4 members (excludes halogenated alkanes) is 1. The van der Waals surface area contributed by atoms with Gasteiger partial charge in [0.2, 0.25) is 0 Å². The molecule has 0 aromatic heterocycles. The molecule has 0 unspecified atom stereocenters. The summed E-state index contributed by atoms with van der Waals surface area (Å²) in [5.74, 6) is -0.342. The van der Waals surface area contributed by atoms with E-state index in [9.17, 15) is 9.59 Å². The standard InChI is InChI=1S/C20H30N2O6/c1-25-11-3-4-12-28-18-15-16(5-6-17(18)20(24)26-2)19(23)21-7-8-22-9-13-27-14-10-22/h5-6,15H,3-4,7-14H2,1-2H3,(H,21,23). The molecule has 1 aliphatic heterocycles. The second-order valence-electron chi connectivity index (χ2n) is 6.46. The zero-order valence-corrected chi connectivity index (χ0v) is 16.7. The van der Waals surface area contributed by atoms with E-state index in [1.807, 2.05) is 0 Å². The van der Waals surface area contributed by atoms with E-state index in [4.69, 9.17) is 18.9 Å². The molecule has 8 heteroatoms. The number of carbonyl (C=O) groups is 2. The van der Waals surface area contributed by atoms with Crippen molar-refractivity contribution in [2.75, 3.05) is 66.8 Å². The largest absolute Gasteiger partial charge is 0.493 e. The van der Waals surface area contributed by atoms with Crippen LogP contribution in [-0.2, 0) is 14.2 Å². The third-order valence-electron chi connectivity index (χ3n) is 4.47. The number of ether oxygens (including phenoxy) is 4. The first-order chi connectivity index (χ1) is 13.7. The smallest absolute Gasteiger partial charge is 0.341 e. The maximum Gasteiger partial charge on any atom is 0.341 e. The molecule has 1 aromatic rings. The van der Waals surface area contributed by atoms with E-state index in [1.54, 1.807) is 25.3 Å². The van der Waals surface area contributed by atoms with Gasteiger partial charge in [0.05, 0.1) is 26.9 Å². The van der Waals surface area contributed by atoms with Gasteiger partial charge in [0.15, 0.2) is 0 Å². The monoisotopic (exact) mass is 394 g/mol. The molecular weight excluding hydrogens is 364 g/mol. The number of nitrogens with one attached hydrogen (secondary N) is 1. The fourth-order valence-corrected chi connectivity index (χ4v) is 2.85. The van der Waals surface area contributed by atoms with Crippen molar-refractivity contribution in [1.29, 1.82) is 0 Å². The van der Waals surface area contributed by atoms with Crippen LogP contribution in [0.5, 0.6) is 5.75 Å². The van der Waals surface area contributed by atoms with Gasteiger partial charge in [0.1, 0.15) is 11.3 Å². The summed E-state index contributed by atoms with van der Waals surface area (Å²) in [4.78, 5) is 26.7. The van der Waals surface area contributed by atoms with Gasteiger partial charge in [0, 0.05) is 45.5 Å². The Hall–Kier alpha value is -2.16. The van der Waals surface area contributed by atoms with Gasteiger partial charge in [-0.1, -0.05) is 0 Å². The number of hydrogen-bond acceptors (Lipinski definition) is 7. The molecule has 1 N–H and O–H groups in total. The molecule has 0 saturated carbocycles. The van der Waals surface area contributed by atoms with E-state index in [1.165, 1.54) is 7.11 Å². The highest BCUT2D eigenvalue weighted by Crippen LogP contribution is 2.22. The average molecular weight is 394 g/mol. The molecule has 0 bridgehead atoms. The van der Waals surface area contributed by atoms with E-state index in [2.05, 4.69) is 10.2 Å². The topological polar surface area (TPSA) is 86.3 Å². The molecule has 0 spiro atoms. The van der Waals surface area contributed by atoms with Crippen LogP contribution in [0.25, 0.3) is 0 Å². The minimum Gasteiger partial charge on any atom is -0.493 e. The van der Waals surface area contributed by atoms with Gasteiger partial charge in [0.25, 0.3) is 5.91 Å². The summed E-state index contributed by atoms with van der Waals surface area (Å²) in [6, 6.07) is 4.76. The fourth-order valence-electron chi connectivity index (χ4n) is 2.85. The molecule has 0 aliphatic carbocycles. The summed E-state index contributed by atoms with van der Waals surface area (Å²) in [5.41, 5.74) is 0.751. The quantitative estimate of drug-likeness (QED) is 0.448. The maximum atomic E-state index is 12.5. The van der Waals surface area contributed by atoms with Crippen LogP contribution in [0.2, 0.25) is 0 Å². The minimum absolute atomic E-state index is 0.200.